The predicted octanol–water partition coefficient (Wildman–Crippen LogP) is 4.58. The molecule has 182 valence electrons. The first-order valence-electron chi connectivity index (χ1n) is 13.0. The Kier molecular flexibility index (Phi) is 6.35. The number of aromatic amines is 1. The molecule has 0 spiro atoms. The maximum absolute atomic E-state index is 5.12. The summed E-state index contributed by atoms with van der Waals surface area (Å²) in [6.45, 7) is 4.99. The first-order chi connectivity index (χ1) is 17.2. The first kappa shape index (κ1) is 22.4. The summed E-state index contributed by atoms with van der Waals surface area (Å²) in [7, 11) is 2.24. The van der Waals surface area contributed by atoms with Crippen LogP contribution in [0.3, 0.4) is 0 Å². The Bertz CT molecular complexity index is 1260. The fourth-order valence-corrected chi connectivity index (χ4v) is 6.10. The van der Waals surface area contributed by atoms with Crippen LogP contribution in [0, 0.1) is 5.92 Å². The zero-order valence-electron chi connectivity index (χ0n) is 20.6. The second-order valence-electron chi connectivity index (χ2n) is 10.3. The number of likely N-dealkylation sites (tertiary alicyclic amines) is 1. The van der Waals surface area contributed by atoms with Crippen LogP contribution in [0.4, 0.5) is 0 Å². The van der Waals surface area contributed by atoms with Crippen LogP contribution in [0.2, 0.25) is 0 Å². The molecule has 0 saturated carbocycles. The third-order valence-corrected chi connectivity index (χ3v) is 7.79. The molecule has 2 aliphatic rings. The number of imidazole rings is 2. The number of aromatic nitrogens is 5. The lowest BCUT2D eigenvalue weighted by molar-refractivity contribution is 0.151. The van der Waals surface area contributed by atoms with E-state index in [2.05, 4.69) is 67.8 Å². The molecule has 1 unspecified atom stereocenters. The monoisotopic (exact) mass is 469 g/mol. The molecule has 6 rings (SSSR count). The van der Waals surface area contributed by atoms with Crippen molar-refractivity contribution >= 4 is 11.0 Å². The van der Waals surface area contributed by atoms with E-state index < -0.39 is 0 Å². The zero-order chi connectivity index (χ0) is 23.6. The summed E-state index contributed by atoms with van der Waals surface area (Å²) in [5.41, 5.74) is 5.01. The zero-order valence-corrected chi connectivity index (χ0v) is 20.6. The van der Waals surface area contributed by atoms with E-state index in [9.17, 15) is 0 Å². The average Bonchev–Trinajstić information content (AvgIpc) is 3.52. The van der Waals surface area contributed by atoms with E-state index in [1.54, 1.807) is 0 Å². The Morgan fingerprint density at radius 2 is 2.00 bits per heavy atom. The third kappa shape index (κ3) is 4.75. The molecule has 3 aromatic heterocycles. The number of nitrogens with zero attached hydrogens (tertiary/aromatic N) is 6. The van der Waals surface area contributed by atoms with E-state index in [1.165, 1.54) is 41.9 Å². The molecule has 7 nitrogen and oxygen atoms in total. The van der Waals surface area contributed by atoms with Crippen LogP contribution in [0.25, 0.3) is 11.0 Å². The van der Waals surface area contributed by atoms with Gasteiger partial charge in [0.1, 0.15) is 11.6 Å². The molecule has 4 aromatic rings. The van der Waals surface area contributed by atoms with Gasteiger partial charge in [-0.2, -0.15) is 0 Å². The number of aryl methyl sites for hydroxylation is 1. The Balaban J connectivity index is 1.23. The van der Waals surface area contributed by atoms with E-state index in [0.29, 0.717) is 12.0 Å². The Labute approximate surface area is 207 Å². The number of rotatable bonds is 7. The molecule has 0 radical (unpaired) electrons. The van der Waals surface area contributed by atoms with Crippen LogP contribution in [-0.4, -0.2) is 54.4 Å². The van der Waals surface area contributed by atoms with Crippen molar-refractivity contribution in [2.75, 3.05) is 20.1 Å². The fourth-order valence-electron chi connectivity index (χ4n) is 6.10. The van der Waals surface area contributed by atoms with Gasteiger partial charge in [-0.05, 0) is 75.4 Å². The molecular formula is C28H35N7. The number of nitrogens with one attached hydrogen (secondary N) is 1. The Morgan fingerprint density at radius 1 is 1.06 bits per heavy atom. The van der Waals surface area contributed by atoms with E-state index in [-0.39, 0.29) is 0 Å². The molecular weight excluding hydrogens is 434 g/mol. The van der Waals surface area contributed by atoms with Gasteiger partial charge < -0.3 is 9.55 Å². The van der Waals surface area contributed by atoms with Gasteiger partial charge in [0, 0.05) is 31.7 Å². The van der Waals surface area contributed by atoms with Gasteiger partial charge in [-0.3, -0.25) is 14.8 Å². The summed E-state index contributed by atoms with van der Waals surface area (Å²) in [5.74, 6) is 2.83. The van der Waals surface area contributed by atoms with Crippen molar-refractivity contribution in [1.29, 1.82) is 0 Å². The lowest BCUT2D eigenvalue weighted by Gasteiger charge is -2.34. The molecule has 35 heavy (non-hydrogen) atoms. The second-order valence-corrected chi connectivity index (χ2v) is 10.3. The number of hydrogen-bond donors (Lipinski definition) is 1. The first-order valence-corrected chi connectivity index (χ1v) is 13.0. The number of H-pyrrole nitrogens is 1. The predicted molar refractivity (Wildman–Crippen MR) is 138 cm³/mol. The number of hydrogen-bond acceptors (Lipinski definition) is 5. The minimum Gasteiger partial charge on any atom is -0.348 e. The van der Waals surface area contributed by atoms with Gasteiger partial charge in [0.2, 0.25) is 0 Å². The van der Waals surface area contributed by atoms with Gasteiger partial charge in [0.25, 0.3) is 0 Å². The highest BCUT2D eigenvalue weighted by Gasteiger charge is 2.27. The highest BCUT2D eigenvalue weighted by molar-refractivity contribution is 5.75. The van der Waals surface area contributed by atoms with Crippen molar-refractivity contribution in [1.82, 2.24) is 34.3 Å². The van der Waals surface area contributed by atoms with Crippen molar-refractivity contribution in [2.45, 2.75) is 57.8 Å². The van der Waals surface area contributed by atoms with Crippen LogP contribution >= 0.6 is 0 Å². The Morgan fingerprint density at radius 3 is 2.91 bits per heavy atom. The van der Waals surface area contributed by atoms with Crippen LogP contribution in [0.15, 0.2) is 55.0 Å². The number of pyridine rings is 1. The van der Waals surface area contributed by atoms with Crippen molar-refractivity contribution in [3.05, 3.63) is 77.9 Å². The largest absolute Gasteiger partial charge is 0.348 e. The van der Waals surface area contributed by atoms with Gasteiger partial charge in [0.15, 0.2) is 0 Å². The van der Waals surface area contributed by atoms with Crippen LogP contribution in [0.1, 0.15) is 54.6 Å². The van der Waals surface area contributed by atoms with Crippen molar-refractivity contribution < 1.29 is 0 Å². The number of benzene rings is 1. The lowest BCUT2D eigenvalue weighted by Crippen LogP contribution is -2.37. The quantitative estimate of drug-likeness (QED) is 0.429. The van der Waals surface area contributed by atoms with Crippen LogP contribution in [-0.2, 0) is 26.1 Å². The van der Waals surface area contributed by atoms with Gasteiger partial charge in [-0.1, -0.05) is 18.2 Å². The maximum atomic E-state index is 5.12. The van der Waals surface area contributed by atoms with E-state index in [4.69, 9.17) is 9.97 Å². The van der Waals surface area contributed by atoms with Crippen LogP contribution < -0.4 is 0 Å². The number of piperidine rings is 1. The molecule has 0 amide bonds. The summed E-state index contributed by atoms with van der Waals surface area (Å²) in [6.07, 6.45) is 11.7. The summed E-state index contributed by atoms with van der Waals surface area (Å²) in [6, 6.07) is 13.3. The molecule has 1 fully saturated rings. The molecule has 1 aliphatic carbocycles. The van der Waals surface area contributed by atoms with Crippen LogP contribution in [0.5, 0.6) is 0 Å². The smallest absolute Gasteiger partial charge is 0.124 e. The number of fused-ring (bicyclic) bond motifs is 2. The number of para-hydroxylation sites is 2. The molecule has 4 heterocycles. The summed E-state index contributed by atoms with van der Waals surface area (Å²) in [5, 5.41) is 0. The molecule has 0 bridgehead atoms. The lowest BCUT2D eigenvalue weighted by atomic mass is 9.91. The van der Waals surface area contributed by atoms with E-state index >= 15 is 0 Å². The van der Waals surface area contributed by atoms with Crippen molar-refractivity contribution in [3.8, 4) is 0 Å². The minimum atomic E-state index is 0.353. The fraction of sp³-hybridized carbons (Fsp3) is 0.464. The summed E-state index contributed by atoms with van der Waals surface area (Å²) < 4.78 is 2.50. The van der Waals surface area contributed by atoms with Crippen molar-refractivity contribution in [2.24, 2.45) is 5.92 Å². The summed E-state index contributed by atoms with van der Waals surface area (Å²) in [4.78, 5) is 22.6. The van der Waals surface area contributed by atoms with E-state index in [0.717, 1.165) is 56.9 Å². The van der Waals surface area contributed by atoms with E-state index in [1.807, 2.05) is 18.6 Å². The Hall–Kier alpha value is -3.03. The molecule has 1 aliphatic heterocycles. The molecule has 1 N–H and O–H groups in total. The highest BCUT2D eigenvalue weighted by atomic mass is 15.2. The van der Waals surface area contributed by atoms with Gasteiger partial charge in [-0.25, -0.2) is 9.97 Å². The molecule has 2 atom stereocenters. The third-order valence-electron chi connectivity index (χ3n) is 7.79. The average molecular weight is 470 g/mol. The van der Waals surface area contributed by atoms with Gasteiger partial charge in [-0.15, -0.1) is 0 Å². The molecule has 1 saturated heterocycles. The van der Waals surface area contributed by atoms with Gasteiger partial charge >= 0.3 is 0 Å². The SMILES string of the molecule is CN(Cc1nc2ccccc2n1C[C@H]1CCCN(Cc2ncc[nH]2)C1)C1CCCc2cccnc21. The normalized spacial score (nSPS) is 21.0. The molecule has 1 aromatic carbocycles. The standard InChI is InChI=1S/C28H35N7/c1-33(25-12-4-8-22-9-5-13-31-28(22)25)20-27-32-23-10-2-3-11-24(23)35(27)18-21-7-6-16-34(17-21)19-26-29-14-15-30-26/h2-3,5,9-11,13-15,21,25H,4,6-8,12,16-20H2,1H3,(H,29,30)/t21-,25?/m0/s1. The maximum Gasteiger partial charge on any atom is 0.124 e. The minimum absolute atomic E-state index is 0.353. The highest BCUT2D eigenvalue weighted by Crippen LogP contribution is 2.33. The van der Waals surface area contributed by atoms with Crippen molar-refractivity contribution in [3.63, 3.8) is 0 Å². The molecule has 7 heteroatoms. The summed E-state index contributed by atoms with van der Waals surface area (Å²) >= 11 is 0. The van der Waals surface area contributed by atoms with Gasteiger partial charge in [0.05, 0.1) is 35.9 Å². The second kappa shape index (κ2) is 9.91. The topological polar surface area (TPSA) is 65.9 Å².